The summed E-state index contributed by atoms with van der Waals surface area (Å²) in [6.07, 6.45) is -10.6. The Balaban J connectivity index is 5.17. The summed E-state index contributed by atoms with van der Waals surface area (Å²) >= 11 is 0. The second-order valence-corrected chi connectivity index (χ2v) is 7.07. The molecule has 0 bridgehead atoms. The molecule has 0 heterocycles. The van der Waals surface area contributed by atoms with Crippen molar-refractivity contribution in [1.29, 1.82) is 0 Å². The van der Waals surface area contributed by atoms with Crippen LogP contribution in [0.3, 0.4) is 0 Å². The van der Waals surface area contributed by atoms with Crippen LogP contribution in [0.1, 0.15) is 51.4 Å². The van der Waals surface area contributed by atoms with E-state index in [1.165, 1.54) is 10.6 Å². The lowest BCUT2D eigenvalue weighted by Gasteiger charge is -2.33. The van der Waals surface area contributed by atoms with Crippen LogP contribution in [0.4, 0.5) is 35.1 Å². The Bertz CT molecular complexity index is 607. The van der Waals surface area contributed by atoms with Gasteiger partial charge in [-0.1, -0.05) is 25.7 Å². The van der Waals surface area contributed by atoms with E-state index in [9.17, 15) is 44.7 Å². The lowest BCUT2D eigenvalue weighted by Crippen LogP contribution is -2.63. The summed E-state index contributed by atoms with van der Waals surface area (Å²) in [6.45, 7) is -1.47. The number of alkyl halides is 8. The molecule has 0 fully saturated rings. The molecule has 0 aromatic heterocycles. The predicted octanol–water partition coefficient (Wildman–Crippen LogP) is 2.80. The van der Waals surface area contributed by atoms with E-state index in [0.29, 0.717) is 32.1 Å². The van der Waals surface area contributed by atoms with Crippen LogP contribution in [-0.2, 0) is 14.3 Å². The lowest BCUT2D eigenvalue weighted by atomic mass is 10.2. The van der Waals surface area contributed by atoms with E-state index in [1.54, 1.807) is 0 Å². The average Bonchev–Trinajstić information content (AvgIpc) is 2.71. The third-order valence-corrected chi connectivity index (χ3v) is 4.32. The van der Waals surface area contributed by atoms with Gasteiger partial charge in [0.1, 0.15) is 0 Å². The second-order valence-electron chi connectivity index (χ2n) is 7.07. The van der Waals surface area contributed by atoms with Gasteiger partial charge in [0.25, 0.3) is 11.8 Å². The van der Waals surface area contributed by atoms with E-state index in [-0.39, 0.29) is 32.5 Å². The molecule has 0 spiro atoms. The average molecular weight is 504 g/mol. The van der Waals surface area contributed by atoms with Crippen LogP contribution in [0.25, 0.3) is 0 Å². The topological polar surface area (TPSA) is 108 Å². The van der Waals surface area contributed by atoms with E-state index in [4.69, 9.17) is 10.2 Å². The molecule has 0 aromatic rings. The molecular formula is C18H28F8N2O5. The molecule has 0 unspecified atom stereocenters. The van der Waals surface area contributed by atoms with Gasteiger partial charge < -0.3 is 20.8 Å². The molecule has 1 atom stereocenters. The Hall–Kier alpha value is -1.74. The van der Waals surface area contributed by atoms with E-state index in [0.717, 1.165) is 0 Å². The fraction of sp³-hybridized carbons (Fsp3) is 0.889. The maximum absolute atomic E-state index is 14.3. The zero-order valence-corrected chi connectivity index (χ0v) is 17.6. The molecule has 0 aliphatic carbocycles. The van der Waals surface area contributed by atoms with Crippen LogP contribution in [0.2, 0.25) is 0 Å². The Morgan fingerprint density at radius 3 is 1.42 bits per heavy atom. The molecule has 4 N–H and O–H groups in total. The van der Waals surface area contributed by atoms with Crippen molar-refractivity contribution in [3.05, 3.63) is 0 Å². The predicted molar refractivity (Wildman–Crippen MR) is 98.0 cm³/mol. The van der Waals surface area contributed by atoms with Crippen LogP contribution in [0.5, 0.6) is 0 Å². The van der Waals surface area contributed by atoms with Gasteiger partial charge in [-0.2, -0.15) is 35.1 Å². The van der Waals surface area contributed by atoms with Crippen molar-refractivity contribution in [2.45, 2.75) is 75.4 Å². The van der Waals surface area contributed by atoms with Crippen molar-refractivity contribution in [2.75, 3.05) is 26.3 Å². The molecule has 33 heavy (non-hydrogen) atoms. The summed E-state index contributed by atoms with van der Waals surface area (Å²) in [5.74, 6) is -17.3. The summed E-state index contributed by atoms with van der Waals surface area (Å²) in [5.41, 5.74) is 0. The van der Waals surface area contributed by atoms with E-state index >= 15 is 0 Å². The van der Waals surface area contributed by atoms with Crippen molar-refractivity contribution in [2.24, 2.45) is 0 Å². The quantitative estimate of drug-likeness (QED) is 0.180. The van der Waals surface area contributed by atoms with Crippen LogP contribution < -0.4 is 10.6 Å². The first-order valence-corrected chi connectivity index (χ1v) is 10.2. The SMILES string of the molecule is O=C(NCCCCCCO)C(F)(F)C(F)(F)O[C@@](F)(C(=O)NCCCCCCO)C(F)(F)F. The Morgan fingerprint density at radius 2 is 1.03 bits per heavy atom. The molecule has 2 amide bonds. The number of aliphatic hydroxyl groups is 2. The first kappa shape index (κ1) is 31.3. The van der Waals surface area contributed by atoms with Gasteiger partial charge >= 0.3 is 24.1 Å². The molecule has 0 rings (SSSR count). The van der Waals surface area contributed by atoms with Gasteiger partial charge in [0.15, 0.2) is 0 Å². The van der Waals surface area contributed by atoms with Gasteiger partial charge in [0.2, 0.25) is 0 Å². The molecule has 15 heteroatoms. The van der Waals surface area contributed by atoms with Gasteiger partial charge in [0, 0.05) is 26.3 Å². The number of carbonyl (C=O) groups excluding carboxylic acids is 2. The number of hydrogen-bond acceptors (Lipinski definition) is 5. The number of hydrogen-bond donors (Lipinski definition) is 4. The summed E-state index contributed by atoms with van der Waals surface area (Å²) in [7, 11) is 0. The molecule has 0 saturated carbocycles. The summed E-state index contributed by atoms with van der Waals surface area (Å²) in [4.78, 5) is 23.0. The zero-order chi connectivity index (χ0) is 25.8. The number of rotatable bonds is 17. The van der Waals surface area contributed by atoms with Crippen LogP contribution >= 0.6 is 0 Å². The minimum absolute atomic E-state index is 0.0209. The van der Waals surface area contributed by atoms with Crippen LogP contribution in [0, 0.1) is 0 Å². The van der Waals surface area contributed by atoms with Crippen molar-refractivity contribution in [3.8, 4) is 0 Å². The number of carbonyl (C=O) groups is 2. The van der Waals surface area contributed by atoms with Gasteiger partial charge in [-0.3, -0.25) is 14.3 Å². The van der Waals surface area contributed by atoms with Gasteiger partial charge in [-0.05, 0) is 25.7 Å². The van der Waals surface area contributed by atoms with E-state index < -0.39 is 49.0 Å². The number of nitrogens with one attached hydrogen (secondary N) is 2. The Morgan fingerprint density at radius 1 is 0.636 bits per heavy atom. The Labute approximate surface area is 184 Å². The highest BCUT2D eigenvalue weighted by atomic mass is 19.4. The fourth-order valence-corrected chi connectivity index (χ4v) is 2.42. The molecule has 0 saturated heterocycles. The van der Waals surface area contributed by atoms with Crippen LogP contribution in [0.15, 0.2) is 0 Å². The van der Waals surface area contributed by atoms with Crippen molar-refractivity contribution < 1.29 is 59.7 Å². The number of amides is 2. The number of unbranched alkanes of at least 4 members (excludes halogenated alkanes) is 6. The zero-order valence-electron chi connectivity index (χ0n) is 17.6. The smallest absolute Gasteiger partial charge is 0.396 e. The first-order valence-electron chi connectivity index (χ1n) is 10.2. The van der Waals surface area contributed by atoms with Crippen LogP contribution in [-0.4, -0.2) is 72.4 Å². The molecule has 0 aromatic carbocycles. The molecule has 7 nitrogen and oxygen atoms in total. The molecule has 196 valence electrons. The normalized spacial score (nSPS) is 14.6. The van der Waals surface area contributed by atoms with Crippen molar-refractivity contribution >= 4 is 11.8 Å². The maximum Gasteiger partial charge on any atom is 0.458 e. The Kier molecular flexibility index (Phi) is 13.1. The second kappa shape index (κ2) is 13.8. The maximum atomic E-state index is 14.3. The monoisotopic (exact) mass is 504 g/mol. The summed E-state index contributed by atoms with van der Waals surface area (Å²) < 4.78 is 111. The minimum Gasteiger partial charge on any atom is -0.396 e. The largest absolute Gasteiger partial charge is 0.458 e. The third kappa shape index (κ3) is 9.57. The summed E-state index contributed by atoms with van der Waals surface area (Å²) in [6, 6.07) is 0. The highest BCUT2D eigenvalue weighted by molar-refractivity contribution is 5.86. The van der Waals surface area contributed by atoms with Crippen molar-refractivity contribution in [1.82, 2.24) is 10.6 Å². The first-order chi connectivity index (χ1) is 15.2. The van der Waals surface area contributed by atoms with Gasteiger partial charge in [0.05, 0.1) is 0 Å². The molecule has 0 aliphatic rings. The van der Waals surface area contributed by atoms with Gasteiger partial charge in [-0.15, -0.1) is 0 Å². The standard InChI is InChI=1S/C18H28F8N2O5/c19-15(20,13(31)27-9-5-1-3-7-11-29)18(25,26)33-16(21,17(22,23)24)14(32)28-10-6-2-4-8-12-30/h29-30H,1-12H2,(H,27,31)(H,28,32)/t16-/m0/s1. The lowest BCUT2D eigenvalue weighted by molar-refractivity contribution is -0.428. The molecule has 0 aliphatic heterocycles. The minimum atomic E-state index is -6.48. The number of halogens is 8. The fourth-order valence-electron chi connectivity index (χ4n) is 2.42. The molecular weight excluding hydrogens is 476 g/mol. The highest BCUT2D eigenvalue weighted by Crippen LogP contribution is 2.45. The van der Waals surface area contributed by atoms with Gasteiger partial charge in [-0.25, -0.2) is 0 Å². The number of aliphatic hydroxyl groups excluding tert-OH is 2. The van der Waals surface area contributed by atoms with E-state index in [1.807, 2.05) is 0 Å². The summed E-state index contributed by atoms with van der Waals surface area (Å²) in [5, 5.41) is 19.9. The molecule has 0 radical (unpaired) electrons. The highest BCUT2D eigenvalue weighted by Gasteiger charge is 2.74. The van der Waals surface area contributed by atoms with Crippen molar-refractivity contribution in [3.63, 3.8) is 0 Å². The third-order valence-electron chi connectivity index (χ3n) is 4.32. The van der Waals surface area contributed by atoms with E-state index in [2.05, 4.69) is 4.74 Å². The number of ether oxygens (including phenoxy) is 1.